The minimum Gasteiger partial charge on any atom is -0.211 e. The Morgan fingerprint density at radius 3 is 2.43 bits per heavy atom. The molecular weight excluding hydrogens is 191 g/mol. The van der Waals surface area contributed by atoms with Crippen LogP contribution in [0.25, 0.3) is 10.9 Å². The van der Waals surface area contributed by atoms with Gasteiger partial charge in [0.15, 0.2) is 6.20 Å². The van der Waals surface area contributed by atoms with E-state index >= 15 is 0 Å². The van der Waals surface area contributed by atoms with Gasteiger partial charge in [-0.25, -0.2) is 4.98 Å². The zero-order chi connectivity index (χ0) is 10.2. The lowest BCUT2D eigenvalue weighted by molar-refractivity contribution is -0.347. The van der Waals surface area contributed by atoms with E-state index in [0.29, 0.717) is 5.39 Å². The Balaban J connectivity index is 2.78. The Labute approximate surface area is 78.2 Å². The van der Waals surface area contributed by atoms with Crippen molar-refractivity contribution in [3.05, 3.63) is 42.1 Å². The molecule has 0 radical (unpaired) electrons. The summed E-state index contributed by atoms with van der Waals surface area (Å²) in [6, 6.07) is 7.42. The zero-order valence-corrected chi connectivity index (χ0v) is 7.10. The summed E-state index contributed by atoms with van der Waals surface area (Å²) in [5.74, 6) is 0. The minimum absolute atomic E-state index is 0.127. The van der Waals surface area contributed by atoms with Gasteiger partial charge in [0.25, 0.3) is 0 Å². The third-order valence-corrected chi connectivity index (χ3v) is 2.00. The number of nitrogens with one attached hydrogen (secondary N) is 1. The first-order valence-electron chi connectivity index (χ1n) is 4.05. The van der Waals surface area contributed by atoms with Crippen molar-refractivity contribution in [2.75, 3.05) is 0 Å². The third-order valence-electron chi connectivity index (χ3n) is 2.00. The number of hydrogen-bond acceptors (Lipinski definition) is 0. The normalized spacial score (nSPS) is 11.9. The Hall–Kier alpha value is -1.58. The molecule has 0 fully saturated rings. The number of para-hydroxylation sites is 1. The molecule has 1 heterocycles. The van der Waals surface area contributed by atoms with Gasteiger partial charge in [-0.1, -0.05) is 6.07 Å². The van der Waals surface area contributed by atoms with E-state index in [0.717, 1.165) is 6.07 Å². The summed E-state index contributed by atoms with van der Waals surface area (Å²) in [7, 11) is 0. The molecule has 72 valence electrons. The highest BCUT2D eigenvalue weighted by molar-refractivity contribution is 5.78. The first-order valence-corrected chi connectivity index (χ1v) is 4.05. The van der Waals surface area contributed by atoms with E-state index in [4.69, 9.17) is 0 Å². The summed E-state index contributed by atoms with van der Waals surface area (Å²) < 4.78 is 37.5. The predicted octanol–water partition coefficient (Wildman–Crippen LogP) is 2.67. The van der Waals surface area contributed by atoms with Crippen LogP contribution in [0.4, 0.5) is 13.2 Å². The fourth-order valence-corrected chi connectivity index (χ4v) is 1.39. The van der Waals surface area contributed by atoms with Crippen LogP contribution in [0.15, 0.2) is 36.5 Å². The van der Waals surface area contributed by atoms with Gasteiger partial charge in [0.2, 0.25) is 5.52 Å². The SMILES string of the molecule is FC(F)(F)c1cccc2ccc[nH+]c12. The highest BCUT2D eigenvalue weighted by Gasteiger charge is 2.35. The molecule has 2 aromatic rings. The average molecular weight is 198 g/mol. The largest absolute Gasteiger partial charge is 0.422 e. The molecule has 0 aliphatic heterocycles. The lowest BCUT2D eigenvalue weighted by atomic mass is 10.1. The second-order valence-corrected chi connectivity index (χ2v) is 2.94. The van der Waals surface area contributed by atoms with Gasteiger partial charge in [-0.15, -0.1) is 0 Å². The maximum Gasteiger partial charge on any atom is 0.422 e. The summed E-state index contributed by atoms with van der Waals surface area (Å²) >= 11 is 0. The second-order valence-electron chi connectivity index (χ2n) is 2.94. The fraction of sp³-hybridized carbons (Fsp3) is 0.100. The molecular formula is C10H7F3N+. The van der Waals surface area contributed by atoms with Crippen LogP contribution in [0.2, 0.25) is 0 Å². The molecule has 0 atom stereocenters. The number of fused-ring (bicyclic) bond motifs is 1. The van der Waals surface area contributed by atoms with Gasteiger partial charge >= 0.3 is 6.18 Å². The average Bonchev–Trinajstić information content (AvgIpc) is 2.15. The van der Waals surface area contributed by atoms with Crippen LogP contribution < -0.4 is 4.98 Å². The van der Waals surface area contributed by atoms with Crippen LogP contribution in [0.3, 0.4) is 0 Å². The van der Waals surface area contributed by atoms with Gasteiger partial charge < -0.3 is 0 Å². The fourth-order valence-electron chi connectivity index (χ4n) is 1.39. The highest BCUT2D eigenvalue weighted by atomic mass is 19.4. The molecule has 0 spiro atoms. The number of rotatable bonds is 0. The monoisotopic (exact) mass is 198 g/mol. The van der Waals surface area contributed by atoms with Crippen molar-refractivity contribution in [1.29, 1.82) is 0 Å². The van der Waals surface area contributed by atoms with Crippen molar-refractivity contribution in [3.8, 4) is 0 Å². The van der Waals surface area contributed by atoms with E-state index in [1.807, 2.05) is 0 Å². The number of halogens is 3. The number of pyridine rings is 1. The Kier molecular flexibility index (Phi) is 1.91. The Morgan fingerprint density at radius 1 is 1.00 bits per heavy atom. The lowest BCUT2D eigenvalue weighted by Gasteiger charge is -2.05. The van der Waals surface area contributed by atoms with Crippen molar-refractivity contribution >= 4 is 10.9 Å². The van der Waals surface area contributed by atoms with Gasteiger partial charge in [0.05, 0.1) is 0 Å². The number of alkyl halides is 3. The van der Waals surface area contributed by atoms with E-state index < -0.39 is 11.7 Å². The van der Waals surface area contributed by atoms with Crippen LogP contribution in [-0.4, -0.2) is 0 Å². The van der Waals surface area contributed by atoms with Gasteiger partial charge in [-0.2, -0.15) is 13.2 Å². The van der Waals surface area contributed by atoms with Crippen LogP contribution in [0.5, 0.6) is 0 Å². The minimum atomic E-state index is -4.31. The molecule has 1 nitrogen and oxygen atoms in total. The standard InChI is InChI=1S/C10H6F3N/c11-10(12,13)8-5-1-3-7-4-2-6-14-9(7)8/h1-6H/p+1. The van der Waals surface area contributed by atoms with E-state index in [9.17, 15) is 13.2 Å². The van der Waals surface area contributed by atoms with E-state index in [1.165, 1.54) is 12.3 Å². The Bertz CT molecular complexity index is 457. The second kappa shape index (κ2) is 2.97. The number of H-pyrrole nitrogens is 1. The topological polar surface area (TPSA) is 14.1 Å². The highest BCUT2D eigenvalue weighted by Crippen LogP contribution is 2.32. The predicted molar refractivity (Wildman–Crippen MR) is 45.5 cm³/mol. The van der Waals surface area contributed by atoms with Crippen LogP contribution >= 0.6 is 0 Å². The molecule has 0 saturated heterocycles. The molecule has 0 aliphatic rings. The van der Waals surface area contributed by atoms with Crippen LogP contribution in [0, 0.1) is 0 Å². The van der Waals surface area contributed by atoms with Gasteiger partial charge in [0, 0.05) is 11.5 Å². The van der Waals surface area contributed by atoms with Crippen LogP contribution in [-0.2, 0) is 6.18 Å². The van der Waals surface area contributed by atoms with Crippen molar-refractivity contribution in [3.63, 3.8) is 0 Å². The summed E-state index contributed by atoms with van der Waals surface area (Å²) in [6.07, 6.45) is -2.82. The zero-order valence-electron chi connectivity index (χ0n) is 7.10. The molecule has 14 heavy (non-hydrogen) atoms. The molecule has 4 heteroatoms. The van der Waals surface area contributed by atoms with Gasteiger partial charge in [-0.05, 0) is 18.2 Å². The number of aromatic nitrogens is 1. The van der Waals surface area contributed by atoms with Crippen LogP contribution in [0.1, 0.15) is 5.56 Å². The van der Waals surface area contributed by atoms with Gasteiger partial charge in [0.1, 0.15) is 5.56 Å². The third kappa shape index (κ3) is 1.43. The summed E-state index contributed by atoms with van der Waals surface area (Å²) in [4.78, 5) is 2.61. The maximum atomic E-state index is 12.5. The molecule has 1 aromatic heterocycles. The van der Waals surface area contributed by atoms with Crippen molar-refractivity contribution in [2.24, 2.45) is 0 Å². The number of hydrogen-bond donors (Lipinski definition) is 0. The molecule has 1 N–H and O–H groups in total. The maximum absolute atomic E-state index is 12.5. The number of benzene rings is 1. The van der Waals surface area contributed by atoms with Gasteiger partial charge in [-0.3, -0.25) is 0 Å². The molecule has 1 aromatic carbocycles. The summed E-state index contributed by atoms with van der Waals surface area (Å²) in [5, 5.41) is 0.558. The Morgan fingerprint density at radius 2 is 1.71 bits per heavy atom. The summed E-state index contributed by atoms with van der Waals surface area (Å²) in [6.45, 7) is 0. The lowest BCUT2D eigenvalue weighted by Crippen LogP contribution is -2.12. The summed E-state index contributed by atoms with van der Waals surface area (Å²) in [5.41, 5.74) is -0.502. The first kappa shape index (κ1) is 8.99. The molecule has 0 unspecified atom stereocenters. The quantitative estimate of drug-likeness (QED) is 0.618. The molecule has 0 bridgehead atoms. The molecule has 0 aliphatic carbocycles. The number of aromatic amines is 1. The van der Waals surface area contributed by atoms with Crippen molar-refractivity contribution in [1.82, 2.24) is 0 Å². The van der Waals surface area contributed by atoms with Crippen molar-refractivity contribution < 1.29 is 18.2 Å². The van der Waals surface area contributed by atoms with E-state index in [-0.39, 0.29) is 5.52 Å². The smallest absolute Gasteiger partial charge is 0.211 e. The first-order chi connectivity index (χ1) is 6.59. The van der Waals surface area contributed by atoms with Crippen molar-refractivity contribution in [2.45, 2.75) is 6.18 Å². The van der Waals surface area contributed by atoms with E-state index in [1.54, 1.807) is 18.2 Å². The molecule has 2 rings (SSSR count). The van der Waals surface area contributed by atoms with E-state index in [2.05, 4.69) is 4.98 Å². The molecule has 0 amide bonds. The molecule has 0 saturated carbocycles.